The van der Waals surface area contributed by atoms with E-state index in [-0.39, 0.29) is 17.7 Å². The van der Waals surface area contributed by atoms with Gasteiger partial charge in [-0.2, -0.15) is 0 Å². The lowest BCUT2D eigenvalue weighted by Gasteiger charge is -2.60. The first kappa shape index (κ1) is 16.8. The number of esters is 1. The first-order valence-electron chi connectivity index (χ1n) is 9.22. The highest BCUT2D eigenvalue weighted by atomic mass is 16.6. The second-order valence-corrected chi connectivity index (χ2v) is 8.67. The van der Waals surface area contributed by atoms with E-state index in [9.17, 15) is 14.7 Å². The molecular weight excluding hydrogens is 320 g/mol. The van der Waals surface area contributed by atoms with Crippen molar-refractivity contribution in [3.63, 3.8) is 0 Å². The lowest BCUT2D eigenvalue weighted by atomic mass is 9.43. The van der Waals surface area contributed by atoms with E-state index < -0.39 is 28.5 Å². The molecule has 6 atom stereocenters. The Morgan fingerprint density at radius 1 is 1.28 bits per heavy atom. The molecule has 25 heavy (non-hydrogen) atoms. The van der Waals surface area contributed by atoms with E-state index in [1.54, 1.807) is 19.5 Å². The number of carbonyl (C=O) groups excluding carboxylic acids is 2. The Morgan fingerprint density at radius 2 is 2.04 bits per heavy atom. The third kappa shape index (κ3) is 1.99. The van der Waals surface area contributed by atoms with Crippen LogP contribution in [0.3, 0.4) is 0 Å². The van der Waals surface area contributed by atoms with Gasteiger partial charge < -0.3 is 14.3 Å². The molecule has 2 aliphatic carbocycles. The van der Waals surface area contributed by atoms with Gasteiger partial charge in [0.1, 0.15) is 0 Å². The number of aliphatic hydroxyl groups is 1. The fraction of sp³-hybridized carbons (Fsp3) is 0.700. The number of ether oxygens (including phenoxy) is 1. The molecule has 0 amide bonds. The first-order chi connectivity index (χ1) is 11.7. The monoisotopic (exact) mass is 346 g/mol. The van der Waals surface area contributed by atoms with E-state index in [0.29, 0.717) is 12.8 Å². The summed E-state index contributed by atoms with van der Waals surface area (Å²) in [7, 11) is 0. The Labute approximate surface area is 147 Å². The summed E-state index contributed by atoms with van der Waals surface area (Å²) in [6.45, 7) is 5.76. The second kappa shape index (κ2) is 5.19. The van der Waals surface area contributed by atoms with Crippen molar-refractivity contribution in [3.8, 4) is 0 Å². The minimum Gasteiger partial charge on any atom is -0.472 e. The number of hydrogen-bond donors (Lipinski definition) is 1. The highest BCUT2D eigenvalue weighted by molar-refractivity contribution is 5.94. The van der Waals surface area contributed by atoms with Crippen molar-refractivity contribution in [1.29, 1.82) is 0 Å². The molecule has 5 nitrogen and oxygen atoms in total. The Hall–Kier alpha value is -1.62. The second-order valence-electron chi connectivity index (χ2n) is 8.67. The zero-order chi connectivity index (χ0) is 18.0. The van der Waals surface area contributed by atoms with Crippen LogP contribution >= 0.6 is 0 Å². The van der Waals surface area contributed by atoms with Crippen molar-refractivity contribution in [2.24, 2.45) is 22.7 Å². The Kier molecular flexibility index (Phi) is 3.50. The predicted molar refractivity (Wildman–Crippen MR) is 89.6 cm³/mol. The lowest BCUT2D eigenvalue weighted by Crippen LogP contribution is -2.68. The number of furan rings is 1. The highest BCUT2D eigenvalue weighted by Crippen LogP contribution is 2.66. The van der Waals surface area contributed by atoms with Crippen LogP contribution in [-0.4, -0.2) is 28.6 Å². The van der Waals surface area contributed by atoms with Gasteiger partial charge in [0.25, 0.3) is 0 Å². The quantitative estimate of drug-likeness (QED) is 0.852. The van der Waals surface area contributed by atoms with Gasteiger partial charge in [0.05, 0.1) is 23.5 Å². The number of rotatable bonds is 3. The van der Waals surface area contributed by atoms with Gasteiger partial charge in [0.2, 0.25) is 0 Å². The predicted octanol–water partition coefficient (Wildman–Crippen LogP) is 2.90. The van der Waals surface area contributed by atoms with Crippen LogP contribution in [0.15, 0.2) is 23.0 Å². The molecule has 0 bridgehead atoms. The maximum atomic E-state index is 13.0. The Morgan fingerprint density at radius 3 is 2.72 bits per heavy atom. The SMILES string of the molecule is C[C@H]1C(=O)[C@@H]2OC(=O)[C@]3(C)CCC[C@](C)([C@H]23)[C@]1(O)CCc1ccoc1. The van der Waals surface area contributed by atoms with Crippen molar-refractivity contribution in [3.05, 3.63) is 24.2 Å². The third-order valence-corrected chi connectivity index (χ3v) is 7.56. The van der Waals surface area contributed by atoms with Gasteiger partial charge in [-0.1, -0.05) is 20.3 Å². The number of Topliss-reactive ketones (excluding diaryl/α,β-unsaturated/α-hetero) is 1. The molecule has 2 heterocycles. The summed E-state index contributed by atoms with van der Waals surface area (Å²) in [5.41, 5.74) is -1.33. The molecule has 0 radical (unpaired) electrons. The van der Waals surface area contributed by atoms with E-state index in [1.807, 2.05) is 13.0 Å². The molecule has 4 rings (SSSR count). The standard InChI is InChI=1S/C20H26O5/c1-12-14(21)15-16-18(2,17(22)25-15)7-4-8-19(16,3)20(12,23)9-5-13-6-10-24-11-13/h6,10-12,15-16,23H,4-5,7-9H2,1-3H3/t12-,15-,16+,18+,19+,20-/m0/s1. The van der Waals surface area contributed by atoms with Gasteiger partial charge in [-0.25, -0.2) is 0 Å². The van der Waals surface area contributed by atoms with Crippen LogP contribution in [0.2, 0.25) is 0 Å². The molecule has 1 aliphatic heterocycles. The van der Waals surface area contributed by atoms with Gasteiger partial charge in [-0.3, -0.25) is 9.59 Å². The molecule has 0 unspecified atom stereocenters. The van der Waals surface area contributed by atoms with Crippen LogP contribution in [0.4, 0.5) is 0 Å². The first-order valence-corrected chi connectivity index (χ1v) is 9.22. The smallest absolute Gasteiger partial charge is 0.312 e. The van der Waals surface area contributed by atoms with E-state index in [2.05, 4.69) is 6.92 Å². The highest BCUT2D eigenvalue weighted by Gasteiger charge is 2.73. The van der Waals surface area contributed by atoms with Gasteiger partial charge in [-0.05, 0) is 44.2 Å². The van der Waals surface area contributed by atoms with Crippen molar-refractivity contribution < 1.29 is 23.8 Å². The summed E-state index contributed by atoms with van der Waals surface area (Å²) in [5.74, 6) is -1.21. The molecule has 136 valence electrons. The van der Waals surface area contributed by atoms with Crippen LogP contribution in [0.5, 0.6) is 0 Å². The third-order valence-electron chi connectivity index (χ3n) is 7.56. The van der Waals surface area contributed by atoms with Crippen LogP contribution < -0.4 is 0 Å². The molecule has 2 saturated carbocycles. The van der Waals surface area contributed by atoms with Gasteiger partial charge in [0, 0.05) is 17.3 Å². The van der Waals surface area contributed by atoms with E-state index in [4.69, 9.17) is 9.15 Å². The fourth-order valence-electron chi connectivity index (χ4n) is 6.01. The van der Waals surface area contributed by atoms with E-state index >= 15 is 0 Å². The van der Waals surface area contributed by atoms with Crippen LogP contribution in [-0.2, 0) is 20.7 Å². The molecule has 1 aromatic heterocycles. The van der Waals surface area contributed by atoms with Crippen molar-refractivity contribution in [2.45, 2.75) is 64.6 Å². The minimum atomic E-state index is -1.15. The molecule has 0 aromatic carbocycles. The van der Waals surface area contributed by atoms with E-state index in [1.165, 1.54) is 0 Å². The summed E-state index contributed by atoms with van der Waals surface area (Å²) in [6.07, 6.45) is 6.10. The average Bonchev–Trinajstić information content (AvgIpc) is 3.17. The molecule has 3 fully saturated rings. The summed E-state index contributed by atoms with van der Waals surface area (Å²) >= 11 is 0. The van der Waals surface area contributed by atoms with Crippen LogP contribution in [0, 0.1) is 22.7 Å². The topological polar surface area (TPSA) is 76.7 Å². The maximum Gasteiger partial charge on any atom is 0.312 e. The van der Waals surface area contributed by atoms with Gasteiger partial charge >= 0.3 is 5.97 Å². The molecule has 0 spiro atoms. The normalized spacial score (nSPS) is 46.0. The van der Waals surface area contributed by atoms with Crippen molar-refractivity contribution in [1.82, 2.24) is 0 Å². The molecular formula is C20H26O5. The molecule has 5 heteroatoms. The van der Waals surface area contributed by atoms with Crippen LogP contribution in [0.25, 0.3) is 0 Å². The average molecular weight is 346 g/mol. The van der Waals surface area contributed by atoms with Crippen molar-refractivity contribution in [2.75, 3.05) is 0 Å². The van der Waals surface area contributed by atoms with Crippen LogP contribution in [0.1, 0.15) is 52.0 Å². The zero-order valence-electron chi connectivity index (χ0n) is 15.1. The zero-order valence-corrected chi connectivity index (χ0v) is 15.1. The maximum absolute atomic E-state index is 13.0. The van der Waals surface area contributed by atoms with E-state index in [0.717, 1.165) is 24.8 Å². The number of hydrogen-bond acceptors (Lipinski definition) is 5. The van der Waals surface area contributed by atoms with Gasteiger partial charge in [0.15, 0.2) is 11.9 Å². The minimum absolute atomic E-state index is 0.129. The molecule has 1 aromatic rings. The lowest BCUT2D eigenvalue weighted by molar-refractivity contribution is -0.212. The molecule has 1 saturated heterocycles. The summed E-state index contributed by atoms with van der Waals surface area (Å²) in [4.78, 5) is 25.5. The van der Waals surface area contributed by atoms with Crippen molar-refractivity contribution >= 4 is 11.8 Å². The number of carbonyl (C=O) groups is 2. The summed E-state index contributed by atoms with van der Waals surface area (Å²) < 4.78 is 10.7. The number of aryl methyl sites for hydroxylation is 1. The number of ketones is 1. The Balaban J connectivity index is 1.76. The Bertz CT molecular complexity index is 710. The molecule has 3 aliphatic rings. The summed E-state index contributed by atoms with van der Waals surface area (Å²) in [6, 6.07) is 1.89. The van der Waals surface area contributed by atoms with Gasteiger partial charge in [-0.15, -0.1) is 0 Å². The molecule has 1 N–H and O–H groups in total. The fourth-order valence-corrected chi connectivity index (χ4v) is 6.01. The summed E-state index contributed by atoms with van der Waals surface area (Å²) in [5, 5.41) is 11.8. The largest absolute Gasteiger partial charge is 0.472 e.